The Morgan fingerprint density at radius 3 is 2.33 bits per heavy atom. The van der Waals surface area contributed by atoms with E-state index in [0.29, 0.717) is 24.4 Å². The second kappa shape index (κ2) is 6.58. The first kappa shape index (κ1) is 15.3. The standard InChI is InChI=1S/C15H20N2O4/c1-10-7-17(8-11(2)21-10)14(18)9-20-13-5-3-12(4-6-13)15(16)19/h3-6,10-11H,7-9H2,1-2H3,(H2,16,19)/t10-,11-/m1/s1. The predicted octanol–water partition coefficient (Wildman–Crippen LogP) is 0.800. The number of primary amides is 1. The quantitative estimate of drug-likeness (QED) is 0.890. The molecule has 1 aliphatic heterocycles. The average Bonchev–Trinajstić information content (AvgIpc) is 2.44. The zero-order valence-corrected chi connectivity index (χ0v) is 12.2. The van der Waals surface area contributed by atoms with Crippen molar-refractivity contribution in [1.82, 2.24) is 4.90 Å². The molecule has 0 aromatic heterocycles. The smallest absolute Gasteiger partial charge is 0.260 e. The average molecular weight is 292 g/mol. The van der Waals surface area contributed by atoms with Gasteiger partial charge in [0.05, 0.1) is 12.2 Å². The van der Waals surface area contributed by atoms with E-state index in [1.807, 2.05) is 13.8 Å². The van der Waals surface area contributed by atoms with Crippen LogP contribution in [0.5, 0.6) is 5.75 Å². The van der Waals surface area contributed by atoms with Crippen molar-refractivity contribution in [2.45, 2.75) is 26.1 Å². The van der Waals surface area contributed by atoms with Crippen molar-refractivity contribution in [3.8, 4) is 5.75 Å². The third-order valence-electron chi connectivity index (χ3n) is 3.27. The minimum atomic E-state index is -0.492. The molecule has 1 aliphatic rings. The number of carbonyl (C=O) groups is 2. The summed E-state index contributed by atoms with van der Waals surface area (Å²) in [5.41, 5.74) is 5.56. The highest BCUT2D eigenvalue weighted by molar-refractivity contribution is 5.92. The number of nitrogens with zero attached hydrogens (tertiary/aromatic N) is 1. The normalized spacial score (nSPS) is 21.9. The molecule has 6 heteroatoms. The molecule has 1 heterocycles. The Morgan fingerprint density at radius 2 is 1.81 bits per heavy atom. The number of hydrogen-bond acceptors (Lipinski definition) is 4. The van der Waals surface area contributed by atoms with Crippen LogP contribution in [-0.2, 0) is 9.53 Å². The number of amides is 2. The van der Waals surface area contributed by atoms with Crippen molar-refractivity contribution in [3.63, 3.8) is 0 Å². The first-order valence-corrected chi connectivity index (χ1v) is 6.91. The predicted molar refractivity (Wildman–Crippen MR) is 77.0 cm³/mol. The van der Waals surface area contributed by atoms with Gasteiger partial charge in [-0.3, -0.25) is 9.59 Å². The van der Waals surface area contributed by atoms with Crippen LogP contribution in [0.4, 0.5) is 0 Å². The lowest BCUT2D eigenvalue weighted by Crippen LogP contribution is -2.49. The van der Waals surface area contributed by atoms with Crippen LogP contribution >= 0.6 is 0 Å². The molecule has 1 saturated heterocycles. The zero-order chi connectivity index (χ0) is 15.4. The number of hydrogen-bond donors (Lipinski definition) is 1. The van der Waals surface area contributed by atoms with E-state index in [0.717, 1.165) is 0 Å². The lowest BCUT2D eigenvalue weighted by atomic mass is 10.2. The molecule has 114 valence electrons. The molecule has 0 bridgehead atoms. The second-order valence-corrected chi connectivity index (χ2v) is 5.23. The first-order chi connectivity index (χ1) is 9.95. The molecule has 21 heavy (non-hydrogen) atoms. The van der Waals surface area contributed by atoms with Crippen LogP contribution in [0.25, 0.3) is 0 Å². The number of ether oxygens (including phenoxy) is 2. The fourth-order valence-electron chi connectivity index (χ4n) is 2.33. The van der Waals surface area contributed by atoms with E-state index in [1.54, 1.807) is 29.2 Å². The van der Waals surface area contributed by atoms with Crippen LogP contribution < -0.4 is 10.5 Å². The largest absolute Gasteiger partial charge is 0.484 e. The van der Waals surface area contributed by atoms with Gasteiger partial charge in [0.1, 0.15) is 5.75 Å². The van der Waals surface area contributed by atoms with Crippen LogP contribution in [0.3, 0.4) is 0 Å². The second-order valence-electron chi connectivity index (χ2n) is 5.23. The third-order valence-corrected chi connectivity index (χ3v) is 3.27. The van der Waals surface area contributed by atoms with Crippen molar-refractivity contribution in [2.75, 3.05) is 19.7 Å². The Labute approximate surface area is 123 Å². The number of morpholine rings is 1. The lowest BCUT2D eigenvalue weighted by Gasteiger charge is -2.35. The number of nitrogens with two attached hydrogens (primary N) is 1. The molecule has 0 saturated carbocycles. The molecule has 1 aromatic rings. The van der Waals surface area contributed by atoms with Gasteiger partial charge in [-0.1, -0.05) is 0 Å². The van der Waals surface area contributed by atoms with Crippen molar-refractivity contribution in [3.05, 3.63) is 29.8 Å². The summed E-state index contributed by atoms with van der Waals surface area (Å²) in [6.07, 6.45) is 0.0695. The summed E-state index contributed by atoms with van der Waals surface area (Å²) in [7, 11) is 0. The van der Waals surface area contributed by atoms with Gasteiger partial charge in [0.2, 0.25) is 5.91 Å². The van der Waals surface area contributed by atoms with Gasteiger partial charge in [-0.2, -0.15) is 0 Å². The lowest BCUT2D eigenvalue weighted by molar-refractivity contribution is -0.145. The molecule has 0 spiro atoms. The maximum absolute atomic E-state index is 12.1. The summed E-state index contributed by atoms with van der Waals surface area (Å²) in [6.45, 7) is 5.01. The van der Waals surface area contributed by atoms with Gasteiger partial charge in [0.25, 0.3) is 5.91 Å². The monoisotopic (exact) mass is 292 g/mol. The van der Waals surface area contributed by atoms with E-state index in [1.165, 1.54) is 0 Å². The van der Waals surface area contributed by atoms with Gasteiger partial charge in [-0.05, 0) is 38.1 Å². The number of rotatable bonds is 4. The minimum Gasteiger partial charge on any atom is -0.484 e. The molecule has 2 atom stereocenters. The highest BCUT2D eigenvalue weighted by Gasteiger charge is 2.25. The van der Waals surface area contributed by atoms with Crippen molar-refractivity contribution < 1.29 is 19.1 Å². The van der Waals surface area contributed by atoms with E-state index in [2.05, 4.69) is 0 Å². The third kappa shape index (κ3) is 4.19. The fourth-order valence-corrected chi connectivity index (χ4v) is 2.33. The molecular weight excluding hydrogens is 272 g/mol. The van der Waals surface area contributed by atoms with Crippen molar-refractivity contribution in [1.29, 1.82) is 0 Å². The van der Waals surface area contributed by atoms with Crippen molar-refractivity contribution >= 4 is 11.8 Å². The molecule has 1 fully saturated rings. The van der Waals surface area contributed by atoms with Crippen LogP contribution in [0, 0.1) is 0 Å². The highest BCUT2D eigenvalue weighted by atomic mass is 16.5. The molecule has 1 aromatic carbocycles. The fraction of sp³-hybridized carbons (Fsp3) is 0.467. The van der Waals surface area contributed by atoms with Gasteiger partial charge in [0.15, 0.2) is 6.61 Å². The SMILES string of the molecule is C[C@@H]1CN(C(=O)COc2ccc(C(N)=O)cc2)C[C@@H](C)O1. The molecule has 2 rings (SSSR count). The summed E-state index contributed by atoms with van der Waals surface area (Å²) < 4.78 is 11.0. The maximum Gasteiger partial charge on any atom is 0.260 e. The molecule has 6 nitrogen and oxygen atoms in total. The Balaban J connectivity index is 1.87. The van der Waals surface area contributed by atoms with Crippen LogP contribution in [-0.4, -0.2) is 48.6 Å². The molecule has 2 N–H and O–H groups in total. The van der Waals surface area contributed by atoms with E-state index < -0.39 is 5.91 Å². The van der Waals surface area contributed by atoms with Crippen LogP contribution in [0.1, 0.15) is 24.2 Å². The highest BCUT2D eigenvalue weighted by Crippen LogP contribution is 2.14. The molecule has 0 radical (unpaired) electrons. The van der Waals surface area contributed by atoms with E-state index in [-0.39, 0.29) is 24.7 Å². The Hall–Kier alpha value is -2.08. The summed E-state index contributed by atoms with van der Waals surface area (Å²) in [6, 6.07) is 6.39. The van der Waals surface area contributed by atoms with Gasteiger partial charge < -0.3 is 20.1 Å². The zero-order valence-electron chi connectivity index (χ0n) is 12.2. The van der Waals surface area contributed by atoms with Crippen LogP contribution in [0.2, 0.25) is 0 Å². The Bertz CT molecular complexity index is 505. The van der Waals surface area contributed by atoms with Gasteiger partial charge >= 0.3 is 0 Å². The first-order valence-electron chi connectivity index (χ1n) is 6.91. The molecular formula is C15H20N2O4. The summed E-state index contributed by atoms with van der Waals surface area (Å²) in [4.78, 5) is 24.8. The van der Waals surface area contributed by atoms with Gasteiger partial charge in [0, 0.05) is 18.7 Å². The van der Waals surface area contributed by atoms with Gasteiger partial charge in [-0.15, -0.1) is 0 Å². The van der Waals surface area contributed by atoms with Crippen molar-refractivity contribution in [2.24, 2.45) is 5.73 Å². The Morgan fingerprint density at radius 1 is 1.24 bits per heavy atom. The van der Waals surface area contributed by atoms with Gasteiger partial charge in [-0.25, -0.2) is 0 Å². The topological polar surface area (TPSA) is 81.9 Å². The minimum absolute atomic E-state index is 0.0324. The molecule has 0 aliphatic carbocycles. The van der Waals surface area contributed by atoms with E-state index in [4.69, 9.17) is 15.2 Å². The maximum atomic E-state index is 12.1. The van der Waals surface area contributed by atoms with E-state index in [9.17, 15) is 9.59 Å². The summed E-state index contributed by atoms with van der Waals surface area (Å²) in [5.74, 6) is -0.0346. The molecule has 0 unspecified atom stereocenters. The number of benzene rings is 1. The van der Waals surface area contributed by atoms with E-state index >= 15 is 0 Å². The summed E-state index contributed by atoms with van der Waals surface area (Å²) >= 11 is 0. The summed E-state index contributed by atoms with van der Waals surface area (Å²) in [5, 5.41) is 0. The van der Waals surface area contributed by atoms with Crippen LogP contribution in [0.15, 0.2) is 24.3 Å². The number of carbonyl (C=O) groups excluding carboxylic acids is 2. The Kier molecular flexibility index (Phi) is 4.80. The molecule has 2 amide bonds.